The van der Waals surface area contributed by atoms with Crippen LogP contribution >= 0.6 is 0 Å². The molecule has 0 bridgehead atoms. The average molecular weight is 244 g/mol. The zero-order valence-electron chi connectivity index (χ0n) is 10.0. The smallest absolute Gasteiger partial charge is 0.167 e. The van der Waals surface area contributed by atoms with E-state index in [0.717, 1.165) is 0 Å². The number of nitrogens with zero attached hydrogens (tertiary/aromatic N) is 2. The molecule has 0 spiro atoms. The van der Waals surface area contributed by atoms with Crippen molar-refractivity contribution in [1.29, 1.82) is 0 Å². The first-order chi connectivity index (χ1) is 7.76. The molecule has 0 heterocycles. The fourth-order valence-corrected chi connectivity index (χ4v) is 0.854. The second kappa shape index (κ2) is 6.83. The molecule has 0 saturated heterocycles. The van der Waals surface area contributed by atoms with Crippen molar-refractivity contribution in [2.75, 3.05) is 0 Å². The zero-order valence-corrected chi connectivity index (χ0v) is 10.0. The number of rotatable bonds is 4. The fourth-order valence-electron chi connectivity index (χ4n) is 0.854. The Morgan fingerprint density at radius 1 is 1.12 bits per heavy atom. The van der Waals surface area contributed by atoms with Gasteiger partial charge in [-0.15, -0.1) is 0 Å². The van der Waals surface area contributed by atoms with Crippen LogP contribution in [0.25, 0.3) is 0 Å². The molecule has 0 saturated carbocycles. The fraction of sp³-hybridized carbons (Fsp3) is 0.333. The Hall–Kier alpha value is -1.65. The number of halogens is 3. The minimum absolute atomic E-state index is 0.0394. The van der Waals surface area contributed by atoms with Crippen molar-refractivity contribution < 1.29 is 13.2 Å². The van der Waals surface area contributed by atoms with Crippen LogP contribution in [-0.2, 0) is 0 Å². The predicted molar refractivity (Wildman–Crippen MR) is 65.4 cm³/mol. The average Bonchev–Trinajstić information content (AvgIpc) is 2.19. The molecule has 2 nitrogen and oxygen atoms in total. The molecular formula is C12H15F3N2. The highest BCUT2D eigenvalue weighted by Gasteiger charge is 2.24. The van der Waals surface area contributed by atoms with Crippen LogP contribution in [0.5, 0.6) is 0 Å². The standard InChI is InChI=1S/C12H15F3N2/c1-5-6-7-11(8-12(13,14)15)10(4)17-16-9(2)3/h5-8H,1H2,2-4H3/b7-6-,11-8-,17-10+. The van der Waals surface area contributed by atoms with Gasteiger partial charge in [-0.1, -0.05) is 24.8 Å². The van der Waals surface area contributed by atoms with E-state index in [1.54, 1.807) is 13.8 Å². The number of allylic oxidation sites excluding steroid dienone is 5. The summed E-state index contributed by atoms with van der Waals surface area (Å²) in [6.07, 6.45) is -0.0975. The van der Waals surface area contributed by atoms with Crippen molar-refractivity contribution in [3.05, 3.63) is 36.5 Å². The van der Waals surface area contributed by atoms with Crippen LogP contribution in [0.3, 0.4) is 0 Å². The van der Waals surface area contributed by atoms with Gasteiger partial charge < -0.3 is 0 Å². The molecule has 0 aromatic rings. The second-order valence-corrected chi connectivity index (χ2v) is 3.47. The van der Waals surface area contributed by atoms with E-state index in [1.165, 1.54) is 25.2 Å². The summed E-state index contributed by atoms with van der Waals surface area (Å²) in [6.45, 7) is 8.29. The Balaban J connectivity index is 5.27. The van der Waals surface area contributed by atoms with Crippen LogP contribution in [0.15, 0.2) is 46.7 Å². The number of hydrogen-bond donors (Lipinski definition) is 0. The first kappa shape index (κ1) is 15.3. The maximum absolute atomic E-state index is 12.3. The lowest BCUT2D eigenvalue weighted by molar-refractivity contribution is -0.0801. The number of alkyl halides is 3. The lowest BCUT2D eigenvalue weighted by atomic mass is 10.1. The Labute approximate surface area is 98.9 Å². The van der Waals surface area contributed by atoms with Crippen molar-refractivity contribution in [3.8, 4) is 0 Å². The summed E-state index contributed by atoms with van der Waals surface area (Å²) in [5, 5.41) is 7.43. The van der Waals surface area contributed by atoms with Crippen molar-refractivity contribution >= 4 is 11.4 Å². The van der Waals surface area contributed by atoms with E-state index in [-0.39, 0.29) is 17.4 Å². The molecule has 0 fully saturated rings. The predicted octanol–water partition coefficient (Wildman–Crippen LogP) is 4.07. The molecule has 0 N–H and O–H groups in total. The van der Waals surface area contributed by atoms with Crippen LogP contribution < -0.4 is 0 Å². The molecule has 0 aromatic carbocycles. The van der Waals surface area contributed by atoms with E-state index in [0.29, 0.717) is 5.71 Å². The molecule has 0 aliphatic rings. The minimum atomic E-state index is -4.39. The molecule has 0 radical (unpaired) electrons. The van der Waals surface area contributed by atoms with Gasteiger partial charge in [-0.05, 0) is 20.8 Å². The zero-order chi connectivity index (χ0) is 13.5. The lowest BCUT2D eigenvalue weighted by Gasteiger charge is -2.03. The van der Waals surface area contributed by atoms with Crippen LogP contribution in [0, 0.1) is 0 Å². The summed E-state index contributed by atoms with van der Waals surface area (Å²) in [4.78, 5) is 0. The second-order valence-electron chi connectivity index (χ2n) is 3.47. The Kier molecular flexibility index (Phi) is 6.17. The first-order valence-corrected chi connectivity index (χ1v) is 4.91. The monoisotopic (exact) mass is 244 g/mol. The first-order valence-electron chi connectivity index (χ1n) is 4.91. The summed E-state index contributed by atoms with van der Waals surface area (Å²) in [6, 6.07) is 0. The third-order valence-electron chi connectivity index (χ3n) is 1.55. The molecule has 0 aliphatic carbocycles. The summed E-state index contributed by atoms with van der Waals surface area (Å²) in [7, 11) is 0. The van der Waals surface area contributed by atoms with E-state index in [1.807, 2.05) is 0 Å². The molecule has 94 valence electrons. The topological polar surface area (TPSA) is 24.7 Å². The van der Waals surface area contributed by atoms with Gasteiger partial charge in [-0.25, -0.2) is 0 Å². The molecule has 0 unspecified atom stereocenters. The van der Waals surface area contributed by atoms with Crippen LogP contribution in [0.4, 0.5) is 13.2 Å². The Morgan fingerprint density at radius 2 is 1.71 bits per heavy atom. The van der Waals surface area contributed by atoms with E-state index in [2.05, 4.69) is 16.8 Å². The maximum atomic E-state index is 12.3. The highest BCUT2D eigenvalue weighted by molar-refractivity contribution is 6.01. The van der Waals surface area contributed by atoms with Crippen molar-refractivity contribution in [3.63, 3.8) is 0 Å². The molecule has 0 atom stereocenters. The summed E-state index contributed by atoms with van der Waals surface area (Å²) < 4.78 is 36.8. The molecule has 0 aliphatic heterocycles. The van der Waals surface area contributed by atoms with Gasteiger partial charge in [0.15, 0.2) is 0 Å². The number of hydrogen-bond acceptors (Lipinski definition) is 2. The van der Waals surface area contributed by atoms with Crippen molar-refractivity contribution in [2.24, 2.45) is 10.2 Å². The molecule has 0 amide bonds. The molecular weight excluding hydrogens is 229 g/mol. The van der Waals surface area contributed by atoms with E-state index in [9.17, 15) is 13.2 Å². The highest BCUT2D eigenvalue weighted by Crippen LogP contribution is 2.20. The Morgan fingerprint density at radius 3 is 2.12 bits per heavy atom. The molecule has 0 rings (SSSR count). The largest absolute Gasteiger partial charge is 0.410 e. The third kappa shape index (κ3) is 8.19. The van der Waals surface area contributed by atoms with Gasteiger partial charge in [0, 0.05) is 17.4 Å². The normalized spacial score (nSPS) is 14.0. The SMILES string of the molecule is C=C\C=C/C(=C/C(F)(F)F)C(/C)=N/N=C(C)C. The molecule has 0 aromatic heterocycles. The third-order valence-corrected chi connectivity index (χ3v) is 1.55. The van der Waals surface area contributed by atoms with Gasteiger partial charge in [0.05, 0.1) is 5.71 Å². The summed E-state index contributed by atoms with van der Waals surface area (Å²) >= 11 is 0. The maximum Gasteiger partial charge on any atom is 0.410 e. The van der Waals surface area contributed by atoms with E-state index < -0.39 is 6.18 Å². The van der Waals surface area contributed by atoms with Gasteiger partial charge in [-0.3, -0.25) is 0 Å². The van der Waals surface area contributed by atoms with E-state index >= 15 is 0 Å². The van der Waals surface area contributed by atoms with Gasteiger partial charge in [-0.2, -0.15) is 23.4 Å². The highest BCUT2D eigenvalue weighted by atomic mass is 19.4. The van der Waals surface area contributed by atoms with Crippen LogP contribution in [0.1, 0.15) is 20.8 Å². The van der Waals surface area contributed by atoms with Gasteiger partial charge in [0.25, 0.3) is 0 Å². The quantitative estimate of drug-likeness (QED) is 0.404. The van der Waals surface area contributed by atoms with Gasteiger partial charge in [0.2, 0.25) is 0 Å². The van der Waals surface area contributed by atoms with Crippen molar-refractivity contribution in [1.82, 2.24) is 0 Å². The summed E-state index contributed by atoms with van der Waals surface area (Å²) in [5.41, 5.74) is 0.826. The minimum Gasteiger partial charge on any atom is -0.167 e. The van der Waals surface area contributed by atoms with E-state index in [4.69, 9.17) is 0 Å². The summed E-state index contributed by atoms with van der Waals surface area (Å²) in [5.74, 6) is 0. The van der Waals surface area contributed by atoms with Gasteiger partial charge in [0.1, 0.15) is 0 Å². The lowest BCUT2D eigenvalue weighted by Crippen LogP contribution is -2.06. The Bertz CT molecular complexity index is 381. The molecule has 5 heteroatoms. The van der Waals surface area contributed by atoms with Gasteiger partial charge >= 0.3 is 6.18 Å². The van der Waals surface area contributed by atoms with Crippen LogP contribution in [0.2, 0.25) is 0 Å². The molecule has 17 heavy (non-hydrogen) atoms. The van der Waals surface area contributed by atoms with Crippen molar-refractivity contribution in [2.45, 2.75) is 26.9 Å². The van der Waals surface area contributed by atoms with Crippen LogP contribution in [-0.4, -0.2) is 17.6 Å².